The van der Waals surface area contributed by atoms with Crippen LogP contribution in [0, 0.1) is 0 Å². The monoisotopic (exact) mass is 434 g/mol. The van der Waals surface area contributed by atoms with E-state index in [4.69, 9.17) is 27.9 Å². The average molecular weight is 435 g/mol. The molecule has 2 aromatic carbocycles. The molecule has 2 aromatic rings. The summed E-state index contributed by atoms with van der Waals surface area (Å²) in [6.45, 7) is -0.510. The number of imide groups is 1. The molecule has 1 saturated heterocycles. The molecule has 9 heteroatoms. The SMILES string of the molecule is COc1cccc(C(=O)CN(C(=O)c2ccc(Cl)c(Cl)c2)N2C(=O)CCC2=O)c1. The summed E-state index contributed by atoms with van der Waals surface area (Å²) in [6.07, 6.45) is -0.0608. The fourth-order valence-electron chi connectivity index (χ4n) is 2.87. The normalized spacial score (nSPS) is 13.6. The van der Waals surface area contributed by atoms with Crippen LogP contribution >= 0.6 is 23.2 Å². The Morgan fingerprint density at radius 2 is 1.69 bits per heavy atom. The van der Waals surface area contributed by atoms with E-state index in [1.165, 1.54) is 31.4 Å². The molecule has 0 unspecified atom stereocenters. The number of ketones is 1. The minimum atomic E-state index is -0.719. The van der Waals surface area contributed by atoms with Gasteiger partial charge in [0.25, 0.3) is 5.91 Å². The van der Waals surface area contributed by atoms with Crippen molar-refractivity contribution < 1.29 is 23.9 Å². The van der Waals surface area contributed by atoms with Crippen LogP contribution in [0.2, 0.25) is 10.0 Å². The Morgan fingerprint density at radius 3 is 2.31 bits per heavy atom. The standard InChI is InChI=1S/C20H16Cl2N2O5/c1-29-14-4-2-3-12(9-14)17(25)11-23(24-18(26)7-8-19(24)27)20(28)13-5-6-15(21)16(22)10-13/h2-6,9-10H,7-8,11H2,1H3. The highest BCUT2D eigenvalue weighted by Gasteiger charge is 2.38. The number of rotatable bonds is 6. The third-order valence-electron chi connectivity index (χ3n) is 4.35. The first-order valence-corrected chi connectivity index (χ1v) is 9.37. The fourth-order valence-corrected chi connectivity index (χ4v) is 3.17. The van der Waals surface area contributed by atoms with Gasteiger partial charge in [-0.1, -0.05) is 35.3 Å². The van der Waals surface area contributed by atoms with Gasteiger partial charge in [0.1, 0.15) is 12.3 Å². The lowest BCUT2D eigenvalue weighted by Gasteiger charge is -2.29. The highest BCUT2D eigenvalue weighted by Crippen LogP contribution is 2.25. The molecule has 150 valence electrons. The highest BCUT2D eigenvalue weighted by atomic mass is 35.5. The number of amides is 3. The van der Waals surface area contributed by atoms with Crippen LogP contribution in [0.25, 0.3) is 0 Å². The van der Waals surface area contributed by atoms with Crippen molar-refractivity contribution in [1.29, 1.82) is 0 Å². The van der Waals surface area contributed by atoms with Gasteiger partial charge in [0, 0.05) is 24.0 Å². The van der Waals surface area contributed by atoms with Gasteiger partial charge >= 0.3 is 0 Å². The number of benzene rings is 2. The van der Waals surface area contributed by atoms with Crippen molar-refractivity contribution >= 4 is 46.7 Å². The van der Waals surface area contributed by atoms with Gasteiger partial charge in [-0.25, -0.2) is 5.01 Å². The van der Waals surface area contributed by atoms with Crippen LogP contribution in [0.3, 0.4) is 0 Å². The molecule has 1 aliphatic heterocycles. The maximum Gasteiger partial charge on any atom is 0.273 e. The second-order valence-electron chi connectivity index (χ2n) is 6.25. The molecule has 1 fully saturated rings. The third kappa shape index (κ3) is 4.41. The van der Waals surface area contributed by atoms with Crippen LogP contribution in [0.4, 0.5) is 0 Å². The molecule has 0 bridgehead atoms. The lowest BCUT2D eigenvalue weighted by Crippen LogP contribution is -2.51. The number of ether oxygens (including phenoxy) is 1. The van der Waals surface area contributed by atoms with Gasteiger partial charge in [-0.15, -0.1) is 0 Å². The maximum absolute atomic E-state index is 13.1. The molecule has 1 aliphatic rings. The van der Waals surface area contributed by atoms with Crippen LogP contribution < -0.4 is 4.74 Å². The number of carbonyl (C=O) groups excluding carboxylic acids is 4. The molecule has 0 aromatic heterocycles. The first-order chi connectivity index (χ1) is 13.8. The molecule has 0 aliphatic carbocycles. The van der Waals surface area contributed by atoms with Crippen LogP contribution in [-0.4, -0.2) is 47.2 Å². The van der Waals surface area contributed by atoms with Crippen molar-refractivity contribution in [1.82, 2.24) is 10.0 Å². The van der Waals surface area contributed by atoms with E-state index in [1.807, 2.05) is 0 Å². The number of Topliss-reactive ketones (excluding diaryl/α,β-unsaturated/α-hetero) is 1. The molecular formula is C20H16Cl2N2O5. The van der Waals surface area contributed by atoms with Crippen molar-refractivity contribution in [2.75, 3.05) is 13.7 Å². The molecule has 0 spiro atoms. The Morgan fingerprint density at radius 1 is 1.00 bits per heavy atom. The van der Waals surface area contributed by atoms with Gasteiger partial charge in [0.15, 0.2) is 5.78 Å². The summed E-state index contributed by atoms with van der Waals surface area (Å²) >= 11 is 11.9. The number of hydrazine groups is 1. The van der Waals surface area contributed by atoms with Gasteiger partial charge in [0.2, 0.25) is 11.8 Å². The zero-order valence-electron chi connectivity index (χ0n) is 15.4. The summed E-state index contributed by atoms with van der Waals surface area (Å²) in [5, 5.41) is 1.95. The lowest BCUT2D eigenvalue weighted by molar-refractivity contribution is -0.152. The number of hydrogen-bond donors (Lipinski definition) is 0. The molecule has 0 atom stereocenters. The topological polar surface area (TPSA) is 84.0 Å². The first kappa shape index (κ1) is 20.8. The predicted molar refractivity (Wildman–Crippen MR) is 106 cm³/mol. The van der Waals surface area contributed by atoms with Crippen molar-refractivity contribution in [3.63, 3.8) is 0 Å². The highest BCUT2D eigenvalue weighted by molar-refractivity contribution is 6.42. The van der Waals surface area contributed by atoms with Crippen molar-refractivity contribution in [2.24, 2.45) is 0 Å². The molecule has 0 saturated carbocycles. The van der Waals surface area contributed by atoms with Gasteiger partial charge in [-0.2, -0.15) is 5.01 Å². The zero-order valence-corrected chi connectivity index (χ0v) is 16.9. The zero-order chi connectivity index (χ0) is 21.1. The number of halogens is 2. The van der Waals surface area contributed by atoms with Crippen LogP contribution in [0.1, 0.15) is 33.6 Å². The second kappa shape index (κ2) is 8.63. The minimum Gasteiger partial charge on any atom is -0.497 e. The molecule has 29 heavy (non-hydrogen) atoms. The second-order valence-corrected chi connectivity index (χ2v) is 7.06. The van der Waals surface area contributed by atoms with E-state index in [1.54, 1.807) is 18.2 Å². The van der Waals surface area contributed by atoms with Gasteiger partial charge in [-0.05, 0) is 30.3 Å². The number of hydrogen-bond acceptors (Lipinski definition) is 5. The van der Waals surface area contributed by atoms with E-state index < -0.39 is 30.0 Å². The molecule has 1 heterocycles. The van der Waals surface area contributed by atoms with E-state index in [0.29, 0.717) is 5.75 Å². The third-order valence-corrected chi connectivity index (χ3v) is 5.09. The van der Waals surface area contributed by atoms with E-state index in [9.17, 15) is 19.2 Å². The van der Waals surface area contributed by atoms with E-state index >= 15 is 0 Å². The van der Waals surface area contributed by atoms with E-state index in [2.05, 4.69) is 0 Å². The number of nitrogens with zero attached hydrogens (tertiary/aromatic N) is 2. The average Bonchev–Trinajstić information content (AvgIpc) is 3.05. The van der Waals surface area contributed by atoms with E-state index in [0.717, 1.165) is 10.0 Å². The van der Waals surface area contributed by atoms with Gasteiger partial charge < -0.3 is 4.74 Å². The number of methoxy groups -OCH3 is 1. The Kier molecular flexibility index (Phi) is 6.20. The largest absolute Gasteiger partial charge is 0.497 e. The van der Waals surface area contributed by atoms with Gasteiger partial charge in [0.05, 0.1) is 17.2 Å². The molecule has 0 N–H and O–H groups in total. The molecule has 0 radical (unpaired) electrons. The quantitative estimate of drug-likeness (QED) is 0.513. The summed E-state index contributed by atoms with van der Waals surface area (Å²) in [6, 6.07) is 10.5. The smallest absolute Gasteiger partial charge is 0.273 e. The van der Waals surface area contributed by atoms with E-state index in [-0.39, 0.29) is 34.0 Å². The Labute approximate surface area is 176 Å². The summed E-state index contributed by atoms with van der Waals surface area (Å²) < 4.78 is 5.11. The molecular weight excluding hydrogens is 419 g/mol. The Balaban J connectivity index is 1.95. The van der Waals surface area contributed by atoms with Crippen molar-refractivity contribution in [3.8, 4) is 5.75 Å². The summed E-state index contributed by atoms with van der Waals surface area (Å²) in [5.41, 5.74) is 0.362. The molecule has 3 rings (SSSR count). The molecule has 3 amide bonds. The number of carbonyl (C=O) groups is 4. The van der Waals surface area contributed by atoms with Crippen LogP contribution in [-0.2, 0) is 9.59 Å². The fraction of sp³-hybridized carbons (Fsp3) is 0.200. The lowest BCUT2D eigenvalue weighted by atomic mass is 10.1. The summed E-state index contributed by atoms with van der Waals surface area (Å²) in [5.74, 6) is -1.83. The minimum absolute atomic E-state index is 0.0304. The van der Waals surface area contributed by atoms with Gasteiger partial charge in [-0.3, -0.25) is 19.2 Å². The summed E-state index contributed by atoms with van der Waals surface area (Å²) in [7, 11) is 1.46. The van der Waals surface area contributed by atoms with Crippen molar-refractivity contribution in [3.05, 3.63) is 63.6 Å². The Bertz CT molecular complexity index is 992. The van der Waals surface area contributed by atoms with Crippen LogP contribution in [0.5, 0.6) is 5.75 Å². The maximum atomic E-state index is 13.1. The predicted octanol–water partition coefficient (Wildman–Crippen LogP) is 3.39. The Hall–Kier alpha value is -2.90. The van der Waals surface area contributed by atoms with Crippen molar-refractivity contribution in [2.45, 2.75) is 12.8 Å². The summed E-state index contributed by atoms with van der Waals surface area (Å²) in [4.78, 5) is 50.4. The van der Waals surface area contributed by atoms with Crippen LogP contribution in [0.15, 0.2) is 42.5 Å². The first-order valence-electron chi connectivity index (χ1n) is 8.61. The molecule has 7 nitrogen and oxygen atoms in total.